The molecule has 0 atom stereocenters. The third-order valence-corrected chi connectivity index (χ3v) is 4.26. The molecule has 24 heavy (non-hydrogen) atoms. The van der Waals surface area contributed by atoms with Crippen LogP contribution in [-0.2, 0) is 18.0 Å². The lowest BCUT2D eigenvalue weighted by Gasteiger charge is -2.25. The topological polar surface area (TPSA) is 78.4 Å². The Morgan fingerprint density at radius 1 is 1.33 bits per heavy atom. The largest absolute Gasteiger partial charge is 0.467 e. The standard InChI is InChI=1S/C14H19N5O3S2/c1-10-7-11(16-13(15-10)24-2)21-8-12-17-19(14(23)22-12)9-18-3-5-20-6-4-18/h7H,3-6,8-9H2,1-2H3. The molecule has 0 aromatic carbocycles. The van der Waals surface area contributed by atoms with E-state index in [1.165, 1.54) is 11.8 Å². The Morgan fingerprint density at radius 2 is 2.12 bits per heavy atom. The Bertz CT molecular complexity index is 742. The average molecular weight is 369 g/mol. The van der Waals surface area contributed by atoms with Crippen molar-refractivity contribution in [3.05, 3.63) is 22.5 Å². The number of morpholine rings is 1. The summed E-state index contributed by atoms with van der Waals surface area (Å²) in [6.07, 6.45) is 1.92. The summed E-state index contributed by atoms with van der Waals surface area (Å²) in [4.78, 5) is 11.1. The predicted octanol–water partition coefficient (Wildman–Crippen LogP) is 1.89. The molecule has 1 aliphatic rings. The predicted molar refractivity (Wildman–Crippen MR) is 90.6 cm³/mol. The normalized spacial score (nSPS) is 15.6. The van der Waals surface area contributed by atoms with Crippen molar-refractivity contribution in [1.82, 2.24) is 24.6 Å². The van der Waals surface area contributed by atoms with Crippen LogP contribution in [0, 0.1) is 11.8 Å². The number of aromatic nitrogens is 4. The van der Waals surface area contributed by atoms with Crippen LogP contribution in [0.3, 0.4) is 0 Å². The second-order valence-corrected chi connectivity index (χ2v) is 6.38. The zero-order chi connectivity index (χ0) is 16.9. The highest BCUT2D eigenvalue weighted by Gasteiger charge is 2.14. The van der Waals surface area contributed by atoms with Crippen molar-refractivity contribution in [3.8, 4) is 5.88 Å². The molecule has 0 unspecified atom stereocenters. The highest BCUT2D eigenvalue weighted by atomic mass is 32.2. The molecule has 1 saturated heterocycles. The van der Waals surface area contributed by atoms with Gasteiger partial charge in [-0.1, -0.05) is 11.8 Å². The van der Waals surface area contributed by atoms with Crippen LogP contribution in [0.25, 0.3) is 0 Å². The summed E-state index contributed by atoms with van der Waals surface area (Å²) in [6, 6.07) is 1.78. The van der Waals surface area contributed by atoms with Crippen molar-refractivity contribution in [2.45, 2.75) is 25.4 Å². The molecule has 2 aromatic heterocycles. The molecule has 0 saturated carbocycles. The summed E-state index contributed by atoms with van der Waals surface area (Å²) < 4.78 is 18.2. The second kappa shape index (κ2) is 8.06. The van der Waals surface area contributed by atoms with Crippen LogP contribution in [0.15, 0.2) is 15.6 Å². The molecular formula is C14H19N5O3S2. The molecule has 10 heteroatoms. The third kappa shape index (κ3) is 4.53. The minimum absolute atomic E-state index is 0.171. The number of thioether (sulfide) groups is 1. The molecule has 0 amide bonds. The number of aryl methyl sites for hydroxylation is 1. The molecule has 1 aliphatic heterocycles. The Morgan fingerprint density at radius 3 is 2.88 bits per heavy atom. The van der Waals surface area contributed by atoms with Crippen LogP contribution in [0.2, 0.25) is 0 Å². The highest BCUT2D eigenvalue weighted by molar-refractivity contribution is 7.98. The fraction of sp³-hybridized carbons (Fsp3) is 0.571. The lowest BCUT2D eigenvalue weighted by Crippen LogP contribution is -2.37. The van der Waals surface area contributed by atoms with Gasteiger partial charge in [-0.2, -0.15) is 4.98 Å². The molecular weight excluding hydrogens is 350 g/mol. The van der Waals surface area contributed by atoms with E-state index in [0.29, 0.717) is 28.4 Å². The summed E-state index contributed by atoms with van der Waals surface area (Å²) >= 11 is 6.69. The van der Waals surface area contributed by atoms with Gasteiger partial charge in [0.15, 0.2) is 11.8 Å². The van der Waals surface area contributed by atoms with Crippen molar-refractivity contribution in [1.29, 1.82) is 0 Å². The summed E-state index contributed by atoms with van der Waals surface area (Å²) in [7, 11) is 0. The number of hydrogen-bond donors (Lipinski definition) is 0. The van der Waals surface area contributed by atoms with Crippen molar-refractivity contribution in [2.24, 2.45) is 0 Å². The fourth-order valence-corrected chi connectivity index (χ4v) is 2.85. The van der Waals surface area contributed by atoms with E-state index in [2.05, 4.69) is 20.0 Å². The van der Waals surface area contributed by atoms with Gasteiger partial charge in [-0.25, -0.2) is 9.67 Å². The maximum absolute atomic E-state index is 5.66. The zero-order valence-corrected chi connectivity index (χ0v) is 15.2. The summed E-state index contributed by atoms with van der Waals surface area (Å²) in [5.74, 6) is 0.922. The lowest BCUT2D eigenvalue weighted by atomic mass is 10.4. The van der Waals surface area contributed by atoms with E-state index < -0.39 is 0 Å². The molecule has 0 bridgehead atoms. The smallest absolute Gasteiger partial charge is 0.288 e. The van der Waals surface area contributed by atoms with Crippen molar-refractivity contribution >= 4 is 24.0 Å². The van der Waals surface area contributed by atoms with Crippen molar-refractivity contribution in [3.63, 3.8) is 0 Å². The molecule has 0 radical (unpaired) electrons. The van der Waals surface area contributed by atoms with Gasteiger partial charge in [0.05, 0.1) is 19.9 Å². The number of ether oxygens (including phenoxy) is 2. The second-order valence-electron chi connectivity index (χ2n) is 5.26. The minimum atomic E-state index is 0.171. The van der Waals surface area contributed by atoms with E-state index in [1.54, 1.807) is 10.7 Å². The molecule has 3 heterocycles. The van der Waals surface area contributed by atoms with E-state index in [4.69, 9.17) is 26.1 Å². The first-order chi connectivity index (χ1) is 11.6. The lowest BCUT2D eigenvalue weighted by molar-refractivity contribution is 0.0206. The van der Waals surface area contributed by atoms with Gasteiger partial charge in [0.25, 0.3) is 10.7 Å². The number of hydrogen-bond acceptors (Lipinski definition) is 9. The van der Waals surface area contributed by atoms with Crippen molar-refractivity contribution in [2.75, 3.05) is 32.6 Å². The Labute approximate surface area is 149 Å². The molecule has 130 valence electrons. The number of nitrogens with zero attached hydrogens (tertiary/aromatic N) is 5. The van der Waals surface area contributed by atoms with Gasteiger partial charge in [-0.05, 0) is 25.4 Å². The number of rotatable bonds is 6. The Balaban J connectivity index is 1.62. The van der Waals surface area contributed by atoms with E-state index in [-0.39, 0.29) is 6.61 Å². The van der Waals surface area contributed by atoms with Gasteiger partial charge in [-0.3, -0.25) is 4.90 Å². The first-order valence-corrected chi connectivity index (χ1v) is 9.17. The van der Waals surface area contributed by atoms with Crippen molar-refractivity contribution < 1.29 is 13.9 Å². The summed E-state index contributed by atoms with van der Waals surface area (Å²) in [5, 5.41) is 5.04. The summed E-state index contributed by atoms with van der Waals surface area (Å²) in [5.41, 5.74) is 0.850. The highest BCUT2D eigenvalue weighted by Crippen LogP contribution is 2.16. The fourth-order valence-electron chi connectivity index (χ4n) is 2.24. The first kappa shape index (κ1) is 17.3. The monoisotopic (exact) mass is 369 g/mol. The Hall–Kier alpha value is -1.49. The third-order valence-electron chi connectivity index (χ3n) is 3.42. The van der Waals surface area contributed by atoms with Crippen LogP contribution in [-0.4, -0.2) is 57.2 Å². The molecule has 0 aliphatic carbocycles. The molecule has 0 spiro atoms. The minimum Gasteiger partial charge on any atom is -0.467 e. The zero-order valence-electron chi connectivity index (χ0n) is 13.6. The Kier molecular flexibility index (Phi) is 5.82. The average Bonchev–Trinajstić information content (AvgIpc) is 2.93. The SMILES string of the molecule is CSc1nc(C)cc(OCc2nn(CN3CCOCC3)c(=S)o2)n1. The van der Waals surface area contributed by atoms with Crippen LogP contribution >= 0.6 is 24.0 Å². The van der Waals surface area contributed by atoms with Crippen LogP contribution < -0.4 is 4.74 Å². The molecule has 2 aromatic rings. The maximum Gasteiger partial charge on any atom is 0.288 e. The maximum atomic E-state index is 5.66. The first-order valence-electron chi connectivity index (χ1n) is 7.53. The van der Waals surface area contributed by atoms with Gasteiger partial charge in [-0.15, -0.1) is 5.10 Å². The molecule has 8 nitrogen and oxygen atoms in total. The quantitative estimate of drug-likeness (QED) is 0.431. The van der Waals surface area contributed by atoms with E-state index >= 15 is 0 Å². The molecule has 0 N–H and O–H groups in total. The van der Waals surface area contributed by atoms with Gasteiger partial charge in [0.2, 0.25) is 5.88 Å². The van der Waals surface area contributed by atoms with Gasteiger partial charge in [0, 0.05) is 24.8 Å². The van der Waals surface area contributed by atoms with Gasteiger partial charge >= 0.3 is 0 Å². The molecule has 1 fully saturated rings. The van der Waals surface area contributed by atoms with Crippen LogP contribution in [0.5, 0.6) is 5.88 Å². The summed E-state index contributed by atoms with van der Waals surface area (Å²) in [6.45, 7) is 5.84. The van der Waals surface area contributed by atoms with Gasteiger partial charge < -0.3 is 13.9 Å². The van der Waals surface area contributed by atoms with E-state index in [0.717, 1.165) is 32.0 Å². The van der Waals surface area contributed by atoms with Crippen LogP contribution in [0.4, 0.5) is 0 Å². The van der Waals surface area contributed by atoms with E-state index in [1.807, 2.05) is 13.2 Å². The van der Waals surface area contributed by atoms with Crippen LogP contribution in [0.1, 0.15) is 11.6 Å². The van der Waals surface area contributed by atoms with Gasteiger partial charge in [0.1, 0.15) is 0 Å². The van der Waals surface area contributed by atoms with E-state index in [9.17, 15) is 0 Å². The molecule has 3 rings (SSSR count).